The Morgan fingerprint density at radius 3 is 2.91 bits per heavy atom. The zero-order chi connectivity index (χ0) is 7.52. The SMILES string of the molecule is C1=COC(C2=CCCC2)=CO1. The van der Waals surface area contributed by atoms with Crippen LogP contribution in [-0.2, 0) is 9.47 Å². The van der Waals surface area contributed by atoms with Gasteiger partial charge in [-0.05, 0) is 24.8 Å². The Hall–Kier alpha value is -1.18. The Bertz CT molecular complexity index is 236. The topological polar surface area (TPSA) is 18.5 Å². The van der Waals surface area contributed by atoms with Gasteiger partial charge < -0.3 is 9.47 Å². The number of allylic oxidation sites excluding steroid dienone is 2. The van der Waals surface area contributed by atoms with Gasteiger partial charge >= 0.3 is 0 Å². The standard InChI is InChI=1S/C9H10O2/c1-2-4-8(3-1)9-7-10-5-6-11-9/h3,5-7H,1-2,4H2. The van der Waals surface area contributed by atoms with E-state index in [-0.39, 0.29) is 0 Å². The number of hydrogen-bond donors (Lipinski definition) is 0. The summed E-state index contributed by atoms with van der Waals surface area (Å²) in [6.07, 6.45) is 10.5. The molecule has 0 amide bonds. The van der Waals surface area contributed by atoms with Crippen LogP contribution < -0.4 is 0 Å². The summed E-state index contributed by atoms with van der Waals surface area (Å²) >= 11 is 0. The van der Waals surface area contributed by atoms with Gasteiger partial charge in [0, 0.05) is 0 Å². The second-order valence-corrected chi connectivity index (χ2v) is 2.63. The van der Waals surface area contributed by atoms with Gasteiger partial charge in [-0.2, -0.15) is 0 Å². The van der Waals surface area contributed by atoms with Crippen LogP contribution in [0.3, 0.4) is 0 Å². The first-order chi connectivity index (χ1) is 5.47. The third-order valence-electron chi connectivity index (χ3n) is 1.86. The van der Waals surface area contributed by atoms with Crippen molar-refractivity contribution in [2.24, 2.45) is 0 Å². The van der Waals surface area contributed by atoms with Crippen LogP contribution in [0.2, 0.25) is 0 Å². The van der Waals surface area contributed by atoms with Gasteiger partial charge in [0.2, 0.25) is 0 Å². The zero-order valence-corrected chi connectivity index (χ0v) is 6.25. The highest BCUT2D eigenvalue weighted by molar-refractivity contribution is 5.28. The third kappa shape index (κ3) is 1.29. The van der Waals surface area contributed by atoms with Crippen molar-refractivity contribution in [2.45, 2.75) is 19.3 Å². The van der Waals surface area contributed by atoms with Gasteiger partial charge in [0.05, 0.1) is 0 Å². The average molecular weight is 150 g/mol. The molecule has 2 aliphatic rings. The summed E-state index contributed by atoms with van der Waals surface area (Å²) in [6, 6.07) is 0. The molecule has 1 aliphatic carbocycles. The highest BCUT2D eigenvalue weighted by Gasteiger charge is 2.12. The van der Waals surface area contributed by atoms with Crippen molar-refractivity contribution in [1.29, 1.82) is 0 Å². The van der Waals surface area contributed by atoms with Gasteiger partial charge in [-0.25, -0.2) is 0 Å². The molecule has 0 saturated carbocycles. The van der Waals surface area contributed by atoms with Crippen LogP contribution in [-0.4, -0.2) is 0 Å². The van der Waals surface area contributed by atoms with Gasteiger partial charge in [-0.15, -0.1) is 0 Å². The Labute approximate surface area is 65.8 Å². The quantitative estimate of drug-likeness (QED) is 0.571. The lowest BCUT2D eigenvalue weighted by Gasteiger charge is -2.09. The lowest BCUT2D eigenvalue weighted by Crippen LogP contribution is -1.93. The van der Waals surface area contributed by atoms with Crippen LogP contribution in [0, 0.1) is 0 Å². The molecule has 0 aromatic heterocycles. The zero-order valence-electron chi connectivity index (χ0n) is 6.25. The Balaban J connectivity index is 2.09. The lowest BCUT2D eigenvalue weighted by molar-refractivity contribution is 0.263. The number of ether oxygens (including phenoxy) is 2. The number of hydrogen-bond acceptors (Lipinski definition) is 2. The molecular weight excluding hydrogens is 140 g/mol. The minimum atomic E-state index is 0.866. The summed E-state index contributed by atoms with van der Waals surface area (Å²) in [7, 11) is 0. The van der Waals surface area contributed by atoms with Crippen LogP contribution in [0.1, 0.15) is 19.3 Å². The van der Waals surface area contributed by atoms with Crippen molar-refractivity contribution in [2.75, 3.05) is 0 Å². The molecule has 2 nitrogen and oxygen atoms in total. The monoisotopic (exact) mass is 150 g/mol. The van der Waals surface area contributed by atoms with E-state index in [4.69, 9.17) is 9.47 Å². The molecule has 0 spiro atoms. The Kier molecular flexibility index (Phi) is 1.68. The van der Waals surface area contributed by atoms with Crippen molar-refractivity contribution < 1.29 is 9.47 Å². The maximum absolute atomic E-state index is 5.25. The minimum absolute atomic E-state index is 0.866. The fourth-order valence-corrected chi connectivity index (χ4v) is 1.31. The molecule has 0 fully saturated rings. The molecule has 0 atom stereocenters. The molecule has 0 aromatic carbocycles. The average Bonchev–Trinajstić information content (AvgIpc) is 2.58. The molecule has 1 aliphatic heterocycles. The molecule has 0 bridgehead atoms. The first-order valence-corrected chi connectivity index (χ1v) is 3.83. The van der Waals surface area contributed by atoms with E-state index in [0.29, 0.717) is 0 Å². The fraction of sp³-hybridized carbons (Fsp3) is 0.333. The number of rotatable bonds is 1. The van der Waals surface area contributed by atoms with Gasteiger partial charge in [-0.1, -0.05) is 6.08 Å². The maximum atomic E-state index is 5.25. The van der Waals surface area contributed by atoms with Crippen molar-refractivity contribution in [3.8, 4) is 0 Å². The smallest absolute Gasteiger partial charge is 0.164 e. The first kappa shape index (κ1) is 6.53. The lowest BCUT2D eigenvalue weighted by atomic mass is 10.2. The normalized spacial score (nSPS) is 21.8. The molecule has 2 rings (SSSR count). The molecule has 1 heterocycles. The van der Waals surface area contributed by atoms with Gasteiger partial charge in [-0.3, -0.25) is 0 Å². The summed E-state index contributed by atoms with van der Waals surface area (Å²) in [6.45, 7) is 0. The molecule has 0 aromatic rings. The van der Waals surface area contributed by atoms with E-state index in [1.54, 1.807) is 12.5 Å². The minimum Gasteiger partial charge on any atom is -0.466 e. The second kappa shape index (κ2) is 2.82. The molecule has 58 valence electrons. The molecule has 2 heteroatoms. The molecule has 11 heavy (non-hydrogen) atoms. The van der Waals surface area contributed by atoms with Crippen LogP contribution in [0.25, 0.3) is 0 Å². The maximum Gasteiger partial charge on any atom is 0.164 e. The van der Waals surface area contributed by atoms with Crippen molar-refractivity contribution >= 4 is 0 Å². The Morgan fingerprint density at radius 2 is 2.27 bits per heavy atom. The molecule has 0 unspecified atom stereocenters. The molecule has 0 saturated heterocycles. The van der Waals surface area contributed by atoms with E-state index >= 15 is 0 Å². The summed E-state index contributed by atoms with van der Waals surface area (Å²) in [5, 5.41) is 0. The second-order valence-electron chi connectivity index (χ2n) is 2.63. The summed E-state index contributed by atoms with van der Waals surface area (Å²) in [4.78, 5) is 0. The molecule has 0 radical (unpaired) electrons. The van der Waals surface area contributed by atoms with E-state index < -0.39 is 0 Å². The highest BCUT2D eigenvalue weighted by Crippen LogP contribution is 2.26. The highest BCUT2D eigenvalue weighted by atomic mass is 16.5. The summed E-state index contributed by atoms with van der Waals surface area (Å²) < 4.78 is 10.2. The third-order valence-corrected chi connectivity index (χ3v) is 1.86. The van der Waals surface area contributed by atoms with Crippen LogP contribution >= 0.6 is 0 Å². The van der Waals surface area contributed by atoms with E-state index in [0.717, 1.165) is 12.2 Å². The van der Waals surface area contributed by atoms with Gasteiger partial charge in [0.25, 0.3) is 0 Å². The van der Waals surface area contributed by atoms with Crippen molar-refractivity contribution in [1.82, 2.24) is 0 Å². The van der Waals surface area contributed by atoms with Crippen LogP contribution in [0.4, 0.5) is 0 Å². The largest absolute Gasteiger partial charge is 0.466 e. The van der Waals surface area contributed by atoms with Gasteiger partial charge in [0.15, 0.2) is 5.76 Å². The van der Waals surface area contributed by atoms with Crippen molar-refractivity contribution in [3.05, 3.63) is 36.2 Å². The first-order valence-electron chi connectivity index (χ1n) is 3.83. The predicted octanol–water partition coefficient (Wildman–Crippen LogP) is 2.46. The van der Waals surface area contributed by atoms with Crippen molar-refractivity contribution in [3.63, 3.8) is 0 Å². The summed E-state index contributed by atoms with van der Waals surface area (Å²) in [5.41, 5.74) is 1.27. The molecular formula is C9H10O2. The van der Waals surface area contributed by atoms with E-state index in [2.05, 4.69) is 6.08 Å². The fourth-order valence-electron chi connectivity index (χ4n) is 1.31. The summed E-state index contributed by atoms with van der Waals surface area (Å²) in [5.74, 6) is 0.866. The molecule has 0 N–H and O–H groups in total. The van der Waals surface area contributed by atoms with E-state index in [1.165, 1.54) is 24.7 Å². The van der Waals surface area contributed by atoms with Crippen LogP contribution in [0.15, 0.2) is 36.2 Å². The predicted molar refractivity (Wildman–Crippen MR) is 41.3 cm³/mol. The van der Waals surface area contributed by atoms with E-state index in [9.17, 15) is 0 Å². The van der Waals surface area contributed by atoms with Gasteiger partial charge in [0.1, 0.15) is 18.8 Å². The Morgan fingerprint density at radius 1 is 1.27 bits per heavy atom. The van der Waals surface area contributed by atoms with Crippen LogP contribution in [0.5, 0.6) is 0 Å². The van der Waals surface area contributed by atoms with E-state index in [1.807, 2.05) is 0 Å².